The van der Waals surface area contributed by atoms with Crippen molar-refractivity contribution in [1.29, 1.82) is 0 Å². The van der Waals surface area contributed by atoms with Crippen molar-refractivity contribution in [2.75, 3.05) is 0 Å². The van der Waals surface area contributed by atoms with Gasteiger partial charge in [0, 0.05) is 5.92 Å². The summed E-state index contributed by atoms with van der Waals surface area (Å²) in [6.07, 6.45) is 10.5. The average molecular weight is 371 g/mol. The second-order valence-electron chi connectivity index (χ2n) is 8.87. The van der Waals surface area contributed by atoms with Gasteiger partial charge in [-0.2, -0.15) is 0 Å². The summed E-state index contributed by atoms with van der Waals surface area (Å²) in [7, 11) is 0. The number of carbonyl (C=O) groups excluding carboxylic acids is 1. The van der Waals surface area contributed by atoms with Gasteiger partial charge in [-0.25, -0.2) is 4.79 Å². The molecule has 2 aliphatic carbocycles. The lowest BCUT2D eigenvalue weighted by Gasteiger charge is -2.45. The molecule has 1 aromatic carbocycles. The van der Waals surface area contributed by atoms with Gasteiger partial charge < -0.3 is 9.84 Å². The van der Waals surface area contributed by atoms with Crippen LogP contribution in [0.3, 0.4) is 0 Å². The Morgan fingerprint density at radius 2 is 2.00 bits per heavy atom. The van der Waals surface area contributed by atoms with E-state index in [0.29, 0.717) is 29.7 Å². The third-order valence-electron chi connectivity index (χ3n) is 6.96. The maximum atomic E-state index is 12.6. The first-order valence-corrected chi connectivity index (χ1v) is 10.5. The zero-order chi connectivity index (χ0) is 19.4. The molecule has 2 fully saturated rings. The molecule has 3 heteroatoms. The second kappa shape index (κ2) is 8.60. The lowest BCUT2D eigenvalue weighted by molar-refractivity contribution is -0.0444. The van der Waals surface area contributed by atoms with Crippen molar-refractivity contribution < 1.29 is 14.6 Å². The van der Waals surface area contributed by atoms with E-state index in [1.807, 2.05) is 37.3 Å². The Hall–Kier alpha value is -1.61. The van der Waals surface area contributed by atoms with Crippen molar-refractivity contribution in [2.45, 2.75) is 71.5 Å². The van der Waals surface area contributed by atoms with Crippen LogP contribution >= 0.6 is 0 Å². The first-order valence-electron chi connectivity index (χ1n) is 10.5. The summed E-state index contributed by atoms with van der Waals surface area (Å²) < 4.78 is 6.01. The number of aliphatic hydroxyl groups is 1. The minimum absolute atomic E-state index is 0.0371. The van der Waals surface area contributed by atoms with Crippen LogP contribution in [-0.2, 0) is 4.74 Å². The third-order valence-corrected chi connectivity index (χ3v) is 6.96. The predicted molar refractivity (Wildman–Crippen MR) is 108 cm³/mol. The number of rotatable bonds is 6. The number of allylic oxidation sites excluding steroid dienone is 1. The Morgan fingerprint density at radius 1 is 1.26 bits per heavy atom. The van der Waals surface area contributed by atoms with Crippen molar-refractivity contribution in [3.8, 4) is 0 Å². The molecule has 0 amide bonds. The van der Waals surface area contributed by atoms with Gasteiger partial charge in [0.15, 0.2) is 0 Å². The summed E-state index contributed by atoms with van der Waals surface area (Å²) in [5, 5.41) is 9.48. The molecular weight excluding hydrogens is 336 g/mol. The lowest BCUT2D eigenvalue weighted by atomic mass is 9.62. The van der Waals surface area contributed by atoms with Crippen LogP contribution in [0.25, 0.3) is 0 Å². The Bertz CT molecular complexity index is 651. The summed E-state index contributed by atoms with van der Waals surface area (Å²) >= 11 is 0. The molecule has 3 nitrogen and oxygen atoms in total. The number of aliphatic hydroxyl groups excluding tert-OH is 1. The van der Waals surface area contributed by atoms with Crippen LogP contribution in [0.15, 0.2) is 42.5 Å². The van der Waals surface area contributed by atoms with E-state index in [0.717, 1.165) is 19.3 Å². The van der Waals surface area contributed by atoms with E-state index in [1.54, 1.807) is 0 Å². The van der Waals surface area contributed by atoms with Crippen LogP contribution in [0, 0.1) is 23.2 Å². The fraction of sp³-hybridized carbons (Fsp3) is 0.625. The van der Waals surface area contributed by atoms with E-state index in [2.05, 4.69) is 26.0 Å². The lowest BCUT2D eigenvalue weighted by Crippen LogP contribution is -2.43. The summed E-state index contributed by atoms with van der Waals surface area (Å²) in [5.41, 5.74) is 0.878. The molecule has 6 atom stereocenters. The molecule has 0 bridgehead atoms. The van der Waals surface area contributed by atoms with E-state index < -0.39 is 0 Å². The normalized spacial score (nSPS) is 32.8. The van der Waals surface area contributed by atoms with Crippen LogP contribution in [0.2, 0.25) is 0 Å². The van der Waals surface area contributed by atoms with Crippen molar-refractivity contribution >= 4 is 5.97 Å². The topological polar surface area (TPSA) is 46.5 Å². The number of hydrogen-bond donors (Lipinski definition) is 1. The molecule has 1 N–H and O–H groups in total. The van der Waals surface area contributed by atoms with Gasteiger partial charge in [0.1, 0.15) is 6.10 Å². The van der Waals surface area contributed by atoms with Crippen LogP contribution in [0.4, 0.5) is 0 Å². The Balaban J connectivity index is 1.68. The second-order valence-corrected chi connectivity index (χ2v) is 8.87. The number of fused-ring (bicyclic) bond motifs is 1. The van der Waals surface area contributed by atoms with Crippen molar-refractivity contribution in [1.82, 2.24) is 0 Å². The molecule has 0 heterocycles. The van der Waals surface area contributed by atoms with Crippen LogP contribution in [-0.4, -0.2) is 23.3 Å². The third kappa shape index (κ3) is 4.45. The van der Waals surface area contributed by atoms with Gasteiger partial charge in [0.05, 0.1) is 11.7 Å². The van der Waals surface area contributed by atoms with E-state index in [9.17, 15) is 9.90 Å². The Morgan fingerprint density at radius 3 is 2.70 bits per heavy atom. The van der Waals surface area contributed by atoms with E-state index >= 15 is 0 Å². The standard InChI is InChI=1S/C24H34O3/c1-17(9-7-10-18(2)25)20-14-15-21-22(13-8-16-24(20,21)3)27-23(26)19-11-5-4-6-12-19/h4-7,9,11-12,17-18,20-22,25H,8,10,13-16H2,1-3H3/t17-,18+,20+,21-,22-,24+/m0/s1. The number of hydrogen-bond acceptors (Lipinski definition) is 3. The molecular formula is C24H34O3. The Labute approximate surface area is 163 Å². The minimum atomic E-state index is -0.281. The van der Waals surface area contributed by atoms with Gasteiger partial charge in [0.25, 0.3) is 0 Å². The number of ether oxygens (including phenoxy) is 1. The molecule has 3 rings (SSSR count). The average Bonchev–Trinajstić information content (AvgIpc) is 3.00. The molecule has 148 valence electrons. The molecule has 0 spiro atoms. The molecule has 0 radical (unpaired) electrons. The zero-order valence-corrected chi connectivity index (χ0v) is 16.9. The van der Waals surface area contributed by atoms with Gasteiger partial charge in [-0.05, 0) is 74.8 Å². The monoisotopic (exact) mass is 370 g/mol. The maximum Gasteiger partial charge on any atom is 0.338 e. The maximum absolute atomic E-state index is 12.6. The highest BCUT2D eigenvalue weighted by Crippen LogP contribution is 2.58. The first-order chi connectivity index (χ1) is 12.9. The highest BCUT2D eigenvalue weighted by atomic mass is 16.5. The summed E-state index contributed by atoms with van der Waals surface area (Å²) in [4.78, 5) is 12.6. The fourth-order valence-corrected chi connectivity index (χ4v) is 5.57. The van der Waals surface area contributed by atoms with Crippen molar-refractivity contribution in [2.24, 2.45) is 23.2 Å². The quantitative estimate of drug-likeness (QED) is 0.539. The summed E-state index contributed by atoms with van der Waals surface area (Å²) in [5.74, 6) is 1.38. The molecule has 0 aliphatic heterocycles. The smallest absolute Gasteiger partial charge is 0.338 e. The van der Waals surface area contributed by atoms with Gasteiger partial charge in [-0.1, -0.05) is 44.2 Å². The fourth-order valence-electron chi connectivity index (χ4n) is 5.57. The summed E-state index contributed by atoms with van der Waals surface area (Å²) in [6, 6.07) is 9.35. The first kappa shape index (κ1) is 20.1. The number of esters is 1. The largest absolute Gasteiger partial charge is 0.458 e. The van der Waals surface area contributed by atoms with Crippen LogP contribution in [0.1, 0.15) is 69.7 Å². The SMILES string of the molecule is C[C@@H](O)CC=C[C@H](C)[C@H]1CC[C@H]2[C@@H](OC(=O)c3ccccc3)CCC[C@]12C. The number of benzene rings is 1. The molecule has 0 aromatic heterocycles. The zero-order valence-electron chi connectivity index (χ0n) is 16.9. The summed E-state index contributed by atoms with van der Waals surface area (Å²) in [6.45, 7) is 6.54. The van der Waals surface area contributed by atoms with Gasteiger partial charge in [-0.3, -0.25) is 0 Å². The van der Waals surface area contributed by atoms with E-state index in [-0.39, 0.29) is 23.6 Å². The van der Waals surface area contributed by atoms with E-state index in [1.165, 1.54) is 12.8 Å². The van der Waals surface area contributed by atoms with Gasteiger partial charge in [-0.15, -0.1) is 0 Å². The number of carbonyl (C=O) groups is 1. The highest BCUT2D eigenvalue weighted by molar-refractivity contribution is 5.89. The van der Waals surface area contributed by atoms with Gasteiger partial charge in [0.2, 0.25) is 0 Å². The molecule has 0 unspecified atom stereocenters. The van der Waals surface area contributed by atoms with Crippen LogP contribution in [0.5, 0.6) is 0 Å². The molecule has 0 saturated heterocycles. The Kier molecular flexibility index (Phi) is 6.41. The molecule has 2 aliphatic rings. The van der Waals surface area contributed by atoms with Crippen LogP contribution < -0.4 is 0 Å². The minimum Gasteiger partial charge on any atom is -0.458 e. The van der Waals surface area contributed by atoms with E-state index in [4.69, 9.17) is 4.74 Å². The van der Waals surface area contributed by atoms with Crippen molar-refractivity contribution in [3.63, 3.8) is 0 Å². The van der Waals surface area contributed by atoms with Gasteiger partial charge >= 0.3 is 5.97 Å². The molecule has 2 saturated carbocycles. The molecule has 1 aromatic rings. The highest BCUT2D eigenvalue weighted by Gasteiger charge is 2.53. The molecule has 27 heavy (non-hydrogen) atoms. The van der Waals surface area contributed by atoms with Crippen molar-refractivity contribution in [3.05, 3.63) is 48.0 Å². The predicted octanol–water partition coefficient (Wildman–Crippen LogP) is 5.39.